The van der Waals surface area contributed by atoms with E-state index in [4.69, 9.17) is 10.5 Å². The van der Waals surface area contributed by atoms with Crippen LogP contribution in [0.5, 0.6) is 0 Å². The van der Waals surface area contributed by atoms with Crippen LogP contribution in [0.3, 0.4) is 0 Å². The van der Waals surface area contributed by atoms with Crippen molar-refractivity contribution in [2.75, 3.05) is 0 Å². The molecule has 0 heterocycles. The smallest absolute Gasteiger partial charge is 0.408 e. The highest BCUT2D eigenvalue weighted by Gasteiger charge is 2.62. The second-order valence-corrected chi connectivity index (χ2v) is 11.7. The van der Waals surface area contributed by atoms with Crippen molar-refractivity contribution >= 4 is 17.9 Å². The standard InChI is InChI=1S/C23H37N3O5/c1-13(18(24)27)26(16-5-6-16)19(28)17(25-20(29)31-21(2,3)4)22-8-14-7-15(9-22)11-23(30,10-14)12-22/h13-17,30H,5-12H2,1-4H3,(H2,24,27)(H,25,29). The summed E-state index contributed by atoms with van der Waals surface area (Å²) in [5, 5.41) is 14.1. The first kappa shape index (κ1) is 22.4. The van der Waals surface area contributed by atoms with Gasteiger partial charge in [-0.15, -0.1) is 0 Å². The third kappa shape index (κ3) is 4.41. The Balaban J connectivity index is 1.67. The number of amides is 3. The number of nitrogens with two attached hydrogens (primary N) is 1. The lowest BCUT2D eigenvalue weighted by Gasteiger charge is -2.62. The quantitative estimate of drug-likeness (QED) is 0.590. The monoisotopic (exact) mass is 435 g/mol. The summed E-state index contributed by atoms with van der Waals surface area (Å²) in [4.78, 5) is 40.3. The maximum absolute atomic E-state index is 14.0. The van der Waals surface area contributed by atoms with E-state index < -0.39 is 40.7 Å². The minimum absolute atomic E-state index is 0.0325. The molecule has 5 aliphatic carbocycles. The van der Waals surface area contributed by atoms with Crippen LogP contribution >= 0.6 is 0 Å². The predicted molar refractivity (Wildman–Crippen MR) is 114 cm³/mol. The van der Waals surface area contributed by atoms with E-state index in [1.165, 1.54) is 0 Å². The van der Waals surface area contributed by atoms with Gasteiger partial charge in [0.15, 0.2) is 0 Å². The molecule has 0 saturated heterocycles. The number of primary amides is 1. The van der Waals surface area contributed by atoms with Crippen molar-refractivity contribution < 1.29 is 24.2 Å². The molecule has 5 saturated carbocycles. The molecule has 174 valence electrons. The molecule has 4 N–H and O–H groups in total. The fourth-order valence-electron chi connectivity index (χ4n) is 6.85. The Morgan fingerprint density at radius 3 is 2.16 bits per heavy atom. The molecule has 4 atom stereocenters. The Kier molecular flexibility index (Phi) is 5.31. The number of carbonyl (C=O) groups excluding carboxylic acids is 3. The lowest BCUT2D eigenvalue weighted by molar-refractivity contribution is -0.181. The highest BCUT2D eigenvalue weighted by Crippen LogP contribution is 2.63. The van der Waals surface area contributed by atoms with Crippen LogP contribution in [0.25, 0.3) is 0 Å². The highest BCUT2D eigenvalue weighted by atomic mass is 16.6. The van der Waals surface area contributed by atoms with Crippen LogP contribution in [0.4, 0.5) is 4.79 Å². The van der Waals surface area contributed by atoms with E-state index in [9.17, 15) is 19.5 Å². The average molecular weight is 436 g/mol. The molecular formula is C23H37N3O5. The Hall–Kier alpha value is -1.83. The molecule has 0 aromatic rings. The Morgan fingerprint density at radius 2 is 1.71 bits per heavy atom. The van der Waals surface area contributed by atoms with Crippen LogP contribution in [-0.4, -0.2) is 57.2 Å². The summed E-state index contributed by atoms with van der Waals surface area (Å²) >= 11 is 0. The molecule has 31 heavy (non-hydrogen) atoms. The average Bonchev–Trinajstić information content (AvgIpc) is 3.40. The van der Waals surface area contributed by atoms with E-state index in [0.717, 1.165) is 44.9 Å². The van der Waals surface area contributed by atoms with Crippen molar-refractivity contribution in [1.82, 2.24) is 10.2 Å². The minimum atomic E-state index is -0.845. The number of aliphatic hydroxyl groups is 1. The lowest BCUT2D eigenvalue weighted by Crippen LogP contribution is -2.67. The number of nitrogens with zero attached hydrogens (tertiary/aromatic N) is 1. The lowest BCUT2D eigenvalue weighted by atomic mass is 9.46. The summed E-state index contributed by atoms with van der Waals surface area (Å²) in [6.45, 7) is 6.99. The van der Waals surface area contributed by atoms with E-state index in [2.05, 4.69) is 5.32 Å². The first-order valence-corrected chi connectivity index (χ1v) is 11.6. The second-order valence-electron chi connectivity index (χ2n) is 11.7. The number of hydrogen-bond acceptors (Lipinski definition) is 5. The Bertz CT molecular complexity index is 758. The molecule has 0 aromatic heterocycles. The number of nitrogens with one attached hydrogen (secondary N) is 1. The van der Waals surface area contributed by atoms with Gasteiger partial charge in [-0.05, 0) is 90.9 Å². The van der Waals surface area contributed by atoms with Gasteiger partial charge in [0.2, 0.25) is 11.8 Å². The van der Waals surface area contributed by atoms with Crippen LogP contribution in [0, 0.1) is 17.3 Å². The second kappa shape index (κ2) is 7.36. The number of alkyl carbamates (subject to hydrolysis) is 1. The Labute approximate surface area is 184 Å². The zero-order chi connectivity index (χ0) is 22.8. The zero-order valence-electron chi connectivity index (χ0n) is 19.1. The molecule has 3 amide bonds. The van der Waals surface area contributed by atoms with Crippen molar-refractivity contribution in [3.05, 3.63) is 0 Å². The molecule has 0 radical (unpaired) electrons. The molecule has 0 aliphatic heterocycles. The van der Waals surface area contributed by atoms with Crippen molar-refractivity contribution in [2.24, 2.45) is 23.0 Å². The summed E-state index contributed by atoms with van der Waals surface area (Å²) in [5.74, 6) is -0.125. The third-order valence-corrected chi connectivity index (χ3v) is 7.62. The van der Waals surface area contributed by atoms with Gasteiger partial charge in [-0.2, -0.15) is 0 Å². The van der Waals surface area contributed by atoms with Gasteiger partial charge in [0.25, 0.3) is 0 Å². The Morgan fingerprint density at radius 1 is 1.13 bits per heavy atom. The van der Waals surface area contributed by atoms with Gasteiger partial charge in [0.1, 0.15) is 17.7 Å². The molecule has 8 nitrogen and oxygen atoms in total. The first-order chi connectivity index (χ1) is 14.3. The van der Waals surface area contributed by atoms with Crippen molar-refractivity contribution in [3.63, 3.8) is 0 Å². The molecule has 0 spiro atoms. The summed E-state index contributed by atoms with van der Waals surface area (Å²) in [6, 6.07) is -1.63. The van der Waals surface area contributed by atoms with Crippen molar-refractivity contribution in [3.8, 4) is 0 Å². The fraction of sp³-hybridized carbons (Fsp3) is 0.870. The molecule has 4 unspecified atom stereocenters. The van der Waals surface area contributed by atoms with E-state index in [-0.39, 0.29) is 11.9 Å². The molecule has 5 rings (SSSR count). The molecule has 8 heteroatoms. The SMILES string of the molecule is CC(C(N)=O)N(C(=O)C(NC(=O)OC(C)(C)C)C12CC3CC(CC(O)(C3)C1)C2)C1CC1. The molecule has 0 aromatic carbocycles. The molecule has 4 bridgehead atoms. The van der Waals surface area contributed by atoms with Crippen LogP contribution in [0.2, 0.25) is 0 Å². The predicted octanol–water partition coefficient (Wildman–Crippen LogP) is 2.08. The van der Waals surface area contributed by atoms with Gasteiger partial charge in [0.05, 0.1) is 5.60 Å². The maximum atomic E-state index is 14.0. The number of ether oxygens (including phenoxy) is 1. The molecule has 5 fully saturated rings. The molecule has 5 aliphatic rings. The number of hydrogen-bond donors (Lipinski definition) is 3. The highest BCUT2D eigenvalue weighted by molar-refractivity contribution is 5.91. The van der Waals surface area contributed by atoms with Crippen molar-refractivity contribution in [2.45, 2.75) is 108 Å². The summed E-state index contributed by atoms with van der Waals surface area (Å²) in [6.07, 6.45) is 5.68. The topological polar surface area (TPSA) is 122 Å². The van der Waals surface area contributed by atoms with E-state index in [0.29, 0.717) is 18.3 Å². The fourth-order valence-corrected chi connectivity index (χ4v) is 6.85. The van der Waals surface area contributed by atoms with Gasteiger partial charge in [-0.1, -0.05) is 0 Å². The van der Waals surface area contributed by atoms with Gasteiger partial charge in [-0.25, -0.2) is 4.79 Å². The summed E-state index contributed by atoms with van der Waals surface area (Å²) < 4.78 is 5.50. The normalized spacial score (nSPS) is 35.9. The van der Waals surface area contributed by atoms with Crippen LogP contribution < -0.4 is 11.1 Å². The van der Waals surface area contributed by atoms with Gasteiger partial charge < -0.3 is 25.8 Å². The van der Waals surface area contributed by atoms with Gasteiger partial charge in [0, 0.05) is 11.5 Å². The van der Waals surface area contributed by atoms with E-state index in [1.807, 2.05) is 0 Å². The zero-order valence-corrected chi connectivity index (χ0v) is 19.1. The largest absolute Gasteiger partial charge is 0.444 e. The maximum Gasteiger partial charge on any atom is 0.408 e. The van der Waals surface area contributed by atoms with Crippen molar-refractivity contribution in [1.29, 1.82) is 0 Å². The van der Waals surface area contributed by atoms with Crippen LogP contribution in [0.1, 0.15) is 79.1 Å². The first-order valence-electron chi connectivity index (χ1n) is 11.6. The summed E-state index contributed by atoms with van der Waals surface area (Å²) in [5.41, 5.74) is 3.56. The number of carbonyl (C=O) groups is 3. The molecular weight excluding hydrogens is 398 g/mol. The van der Waals surface area contributed by atoms with E-state index >= 15 is 0 Å². The van der Waals surface area contributed by atoms with Crippen LogP contribution in [0.15, 0.2) is 0 Å². The van der Waals surface area contributed by atoms with Crippen LogP contribution in [-0.2, 0) is 14.3 Å². The number of rotatable bonds is 6. The summed E-state index contributed by atoms with van der Waals surface area (Å²) in [7, 11) is 0. The van der Waals surface area contributed by atoms with E-state index in [1.54, 1.807) is 32.6 Å². The van der Waals surface area contributed by atoms with Gasteiger partial charge >= 0.3 is 6.09 Å². The third-order valence-electron chi connectivity index (χ3n) is 7.62. The minimum Gasteiger partial charge on any atom is -0.444 e. The van der Waals surface area contributed by atoms with Gasteiger partial charge in [-0.3, -0.25) is 9.59 Å².